The first-order chi connectivity index (χ1) is 10.8. The van der Waals surface area contributed by atoms with Gasteiger partial charge in [-0.2, -0.15) is 0 Å². The molecular weight excluding hydrogens is 375 g/mol. The third-order valence-corrected chi connectivity index (χ3v) is 4.73. The van der Waals surface area contributed by atoms with E-state index in [0.717, 1.165) is 6.07 Å². The molecule has 0 aromatic heterocycles. The van der Waals surface area contributed by atoms with Gasteiger partial charge in [0.25, 0.3) is 11.6 Å². The number of halogens is 2. The lowest BCUT2D eigenvalue weighted by molar-refractivity contribution is -0.385. The van der Waals surface area contributed by atoms with Crippen LogP contribution in [0.4, 0.5) is 10.1 Å². The number of nitro groups is 1. The predicted octanol–water partition coefficient (Wildman–Crippen LogP) is 2.63. The zero-order valence-corrected chi connectivity index (χ0v) is 13.6. The molecule has 0 aliphatic carbocycles. The molecule has 1 amide bonds. The second-order valence-corrected chi connectivity index (χ2v) is 6.28. The van der Waals surface area contributed by atoms with E-state index in [1.165, 1.54) is 17.0 Å². The summed E-state index contributed by atoms with van der Waals surface area (Å²) in [6.45, 7) is -0.706. The minimum atomic E-state index is -1.29. The molecule has 2 rings (SSSR count). The number of carboxylic acids is 1. The molecule has 1 atom stereocenters. The average molecular weight is 389 g/mol. The predicted molar refractivity (Wildman–Crippen MR) is 82.0 cm³/mol. The zero-order valence-electron chi connectivity index (χ0n) is 12.0. The normalized spacial score (nSPS) is 20.5. The van der Waals surface area contributed by atoms with Crippen LogP contribution in [-0.4, -0.2) is 46.6 Å². The van der Waals surface area contributed by atoms with Crippen LogP contribution < -0.4 is 0 Å². The third kappa shape index (κ3) is 3.34. The number of aliphatic carboxylic acids is 1. The molecule has 1 unspecified atom stereocenters. The molecule has 0 spiro atoms. The Kier molecular flexibility index (Phi) is 4.98. The van der Waals surface area contributed by atoms with Crippen LogP contribution in [0.5, 0.6) is 0 Å². The Bertz CT molecular complexity index is 669. The van der Waals surface area contributed by atoms with Crippen molar-refractivity contribution in [3.05, 3.63) is 38.3 Å². The van der Waals surface area contributed by atoms with Crippen LogP contribution in [0.15, 0.2) is 22.7 Å². The van der Waals surface area contributed by atoms with Crippen LogP contribution >= 0.6 is 15.9 Å². The third-order valence-electron chi connectivity index (χ3n) is 4.06. The zero-order chi connectivity index (χ0) is 17.2. The maximum absolute atomic E-state index is 12.6. The molecule has 124 valence electrons. The largest absolute Gasteiger partial charge is 0.481 e. The summed E-state index contributed by atoms with van der Waals surface area (Å²) in [6, 6.07) is 3.96. The van der Waals surface area contributed by atoms with Crippen molar-refractivity contribution in [2.75, 3.05) is 19.8 Å². The molecule has 1 saturated heterocycles. The summed E-state index contributed by atoms with van der Waals surface area (Å²) in [6.07, 6.45) is 0.00319. The first kappa shape index (κ1) is 17.3. The van der Waals surface area contributed by atoms with Gasteiger partial charge in [0.2, 0.25) is 0 Å². The Morgan fingerprint density at radius 1 is 1.48 bits per heavy atom. The molecule has 1 fully saturated rings. The lowest BCUT2D eigenvalue weighted by Gasteiger charge is -2.23. The minimum Gasteiger partial charge on any atom is -0.481 e. The Hall–Kier alpha value is -2.03. The van der Waals surface area contributed by atoms with E-state index in [1.807, 2.05) is 0 Å². The van der Waals surface area contributed by atoms with E-state index >= 15 is 0 Å². The molecule has 23 heavy (non-hydrogen) atoms. The smallest absolute Gasteiger partial charge is 0.311 e. The molecule has 1 N–H and O–H groups in total. The molecule has 0 bridgehead atoms. The maximum atomic E-state index is 12.6. The fourth-order valence-corrected chi connectivity index (χ4v) is 3.07. The molecule has 1 aromatic carbocycles. The van der Waals surface area contributed by atoms with E-state index in [4.69, 9.17) is 0 Å². The highest BCUT2D eigenvalue weighted by Gasteiger charge is 2.46. The number of hydrogen-bond acceptors (Lipinski definition) is 4. The SMILES string of the molecule is O=C(c1ccc(Br)c([N+](=O)[O-])c1)N1CCC(CCF)(C(=O)O)C1. The van der Waals surface area contributed by atoms with Crippen molar-refractivity contribution in [2.45, 2.75) is 12.8 Å². The summed E-state index contributed by atoms with van der Waals surface area (Å²) in [5, 5.41) is 20.2. The fraction of sp³-hybridized carbons (Fsp3) is 0.429. The Labute approximate surface area is 139 Å². The summed E-state index contributed by atoms with van der Waals surface area (Å²) < 4.78 is 12.9. The average Bonchev–Trinajstić information content (AvgIpc) is 2.93. The topological polar surface area (TPSA) is 101 Å². The Morgan fingerprint density at radius 2 is 2.17 bits per heavy atom. The van der Waals surface area contributed by atoms with Crippen molar-refractivity contribution in [2.24, 2.45) is 5.41 Å². The number of carbonyl (C=O) groups excluding carboxylic acids is 1. The quantitative estimate of drug-likeness (QED) is 0.616. The number of likely N-dealkylation sites (tertiary alicyclic amines) is 1. The first-order valence-electron chi connectivity index (χ1n) is 6.83. The number of carbonyl (C=O) groups is 2. The van der Waals surface area contributed by atoms with E-state index < -0.39 is 28.9 Å². The Morgan fingerprint density at radius 3 is 2.74 bits per heavy atom. The lowest BCUT2D eigenvalue weighted by atomic mass is 9.84. The second-order valence-electron chi connectivity index (χ2n) is 5.42. The van der Waals surface area contributed by atoms with Crippen molar-refractivity contribution in [1.82, 2.24) is 4.90 Å². The summed E-state index contributed by atoms with van der Waals surface area (Å²) >= 11 is 3.04. The first-order valence-corrected chi connectivity index (χ1v) is 7.62. The molecule has 1 heterocycles. The van der Waals surface area contributed by atoms with Gasteiger partial charge in [0.15, 0.2) is 0 Å². The lowest BCUT2D eigenvalue weighted by Crippen LogP contribution is -2.37. The van der Waals surface area contributed by atoms with Gasteiger partial charge in [0, 0.05) is 24.7 Å². The minimum absolute atomic E-state index is 0.0985. The molecule has 1 aliphatic rings. The number of nitrogens with zero attached hydrogens (tertiary/aromatic N) is 2. The van der Waals surface area contributed by atoms with Crippen molar-refractivity contribution in [1.29, 1.82) is 0 Å². The van der Waals surface area contributed by atoms with Crippen LogP contribution in [0.3, 0.4) is 0 Å². The number of benzene rings is 1. The molecule has 9 heteroatoms. The standard InChI is InChI=1S/C14H14BrFN2O5/c15-10-2-1-9(7-11(10)18(22)23)12(19)17-6-4-14(8-17,3-5-16)13(20)21/h1-2,7H,3-6,8H2,(H,20,21). The molecule has 0 radical (unpaired) electrons. The number of nitro benzene ring substituents is 1. The Balaban J connectivity index is 2.24. The fourth-order valence-electron chi connectivity index (χ4n) is 2.68. The summed E-state index contributed by atoms with van der Waals surface area (Å²) in [7, 11) is 0. The van der Waals surface area contributed by atoms with Crippen molar-refractivity contribution >= 4 is 33.5 Å². The van der Waals surface area contributed by atoms with Crippen LogP contribution in [-0.2, 0) is 4.79 Å². The second kappa shape index (κ2) is 6.61. The number of amides is 1. The van der Waals surface area contributed by atoms with Gasteiger partial charge in [0.1, 0.15) is 0 Å². The van der Waals surface area contributed by atoms with Gasteiger partial charge in [-0.05, 0) is 40.9 Å². The molecular formula is C14H14BrFN2O5. The number of rotatable bonds is 5. The number of hydrogen-bond donors (Lipinski definition) is 1. The van der Waals surface area contributed by atoms with E-state index in [9.17, 15) is 29.2 Å². The molecule has 1 aliphatic heterocycles. The highest BCUT2D eigenvalue weighted by atomic mass is 79.9. The van der Waals surface area contributed by atoms with Gasteiger partial charge in [0.05, 0.1) is 21.5 Å². The molecule has 1 aromatic rings. The van der Waals surface area contributed by atoms with Crippen molar-refractivity contribution < 1.29 is 24.0 Å². The highest BCUT2D eigenvalue weighted by molar-refractivity contribution is 9.10. The van der Waals surface area contributed by atoms with Gasteiger partial charge in [-0.3, -0.25) is 24.1 Å². The van der Waals surface area contributed by atoms with E-state index in [-0.39, 0.29) is 41.7 Å². The number of carboxylic acid groups (broad SMARTS) is 1. The monoisotopic (exact) mass is 388 g/mol. The van der Waals surface area contributed by atoms with Crippen molar-refractivity contribution in [3.8, 4) is 0 Å². The van der Waals surface area contributed by atoms with Gasteiger partial charge < -0.3 is 10.0 Å². The van der Waals surface area contributed by atoms with Crippen LogP contribution in [0.25, 0.3) is 0 Å². The molecule has 0 saturated carbocycles. The number of alkyl halides is 1. The summed E-state index contributed by atoms with van der Waals surface area (Å²) in [5.74, 6) is -1.63. The van der Waals surface area contributed by atoms with Crippen LogP contribution in [0.1, 0.15) is 23.2 Å². The van der Waals surface area contributed by atoms with Crippen LogP contribution in [0, 0.1) is 15.5 Å². The summed E-state index contributed by atoms with van der Waals surface area (Å²) in [4.78, 5) is 35.5. The van der Waals surface area contributed by atoms with E-state index in [0.29, 0.717) is 0 Å². The van der Waals surface area contributed by atoms with E-state index in [1.54, 1.807) is 0 Å². The van der Waals surface area contributed by atoms with Crippen LogP contribution in [0.2, 0.25) is 0 Å². The molecule has 7 nitrogen and oxygen atoms in total. The maximum Gasteiger partial charge on any atom is 0.311 e. The van der Waals surface area contributed by atoms with Gasteiger partial charge >= 0.3 is 5.97 Å². The van der Waals surface area contributed by atoms with Gasteiger partial charge in [-0.25, -0.2) is 0 Å². The van der Waals surface area contributed by atoms with Gasteiger partial charge in [-0.1, -0.05) is 0 Å². The summed E-state index contributed by atoms with van der Waals surface area (Å²) in [5.41, 5.74) is -1.43. The van der Waals surface area contributed by atoms with Crippen molar-refractivity contribution in [3.63, 3.8) is 0 Å². The highest BCUT2D eigenvalue weighted by Crippen LogP contribution is 2.36. The van der Waals surface area contributed by atoms with E-state index in [2.05, 4.69) is 15.9 Å². The van der Waals surface area contributed by atoms with Gasteiger partial charge in [-0.15, -0.1) is 0 Å².